The zero-order valence-electron chi connectivity index (χ0n) is 15.0. The summed E-state index contributed by atoms with van der Waals surface area (Å²) >= 11 is 5.10. The number of rotatable bonds is 5. The number of para-hydroxylation sites is 2. The molecule has 8 heteroatoms. The largest absolute Gasteiger partial charge is 0.376 e. The zero-order chi connectivity index (χ0) is 19.5. The Kier molecular flexibility index (Phi) is 5.70. The van der Waals surface area contributed by atoms with E-state index in [-0.39, 0.29) is 11.8 Å². The molecule has 2 heterocycles. The Morgan fingerprint density at radius 1 is 1.25 bits per heavy atom. The fourth-order valence-electron chi connectivity index (χ4n) is 3.29. The van der Waals surface area contributed by atoms with Gasteiger partial charge in [-0.2, -0.15) is 0 Å². The summed E-state index contributed by atoms with van der Waals surface area (Å²) in [5, 5.41) is 13.4. The van der Waals surface area contributed by atoms with Crippen LogP contribution >= 0.6 is 27.3 Å². The number of nitrogens with zero attached hydrogens (tertiary/aromatic N) is 3. The van der Waals surface area contributed by atoms with Crippen molar-refractivity contribution in [2.45, 2.75) is 25.5 Å². The lowest BCUT2D eigenvalue weighted by Crippen LogP contribution is -2.24. The summed E-state index contributed by atoms with van der Waals surface area (Å²) in [7, 11) is 0. The van der Waals surface area contributed by atoms with E-state index in [9.17, 15) is 10.1 Å². The van der Waals surface area contributed by atoms with Gasteiger partial charge in [0.25, 0.3) is 5.69 Å². The maximum Gasteiger partial charge on any atom is 0.294 e. The number of hydrogen-bond donors (Lipinski definition) is 0. The topological polar surface area (TPSA) is 69.7 Å². The monoisotopic (exact) mass is 459 g/mol. The smallest absolute Gasteiger partial charge is 0.294 e. The minimum absolute atomic E-state index is 0.00186. The van der Waals surface area contributed by atoms with Crippen LogP contribution in [-0.2, 0) is 11.3 Å². The zero-order valence-corrected chi connectivity index (χ0v) is 17.4. The summed E-state index contributed by atoms with van der Waals surface area (Å²) in [5.74, 6) is 0. The molecule has 6 nitrogen and oxygen atoms in total. The minimum atomic E-state index is -0.397. The molecule has 28 heavy (non-hydrogen) atoms. The van der Waals surface area contributed by atoms with Crippen molar-refractivity contribution in [1.29, 1.82) is 0 Å². The molecule has 1 aliphatic rings. The Bertz CT molecular complexity index is 1070. The molecule has 0 amide bonds. The van der Waals surface area contributed by atoms with Gasteiger partial charge in [-0.25, -0.2) is 4.99 Å². The predicted molar refractivity (Wildman–Crippen MR) is 113 cm³/mol. The van der Waals surface area contributed by atoms with Gasteiger partial charge in [0.15, 0.2) is 4.80 Å². The Labute approximate surface area is 174 Å². The summed E-state index contributed by atoms with van der Waals surface area (Å²) in [6, 6.07) is 14.6. The summed E-state index contributed by atoms with van der Waals surface area (Å²) in [6.45, 7) is 1.44. The van der Waals surface area contributed by atoms with Crippen LogP contribution < -0.4 is 4.80 Å². The van der Waals surface area contributed by atoms with E-state index in [0.717, 1.165) is 40.0 Å². The van der Waals surface area contributed by atoms with Crippen molar-refractivity contribution in [2.24, 2.45) is 4.99 Å². The van der Waals surface area contributed by atoms with Crippen LogP contribution in [0.2, 0.25) is 0 Å². The van der Waals surface area contributed by atoms with E-state index in [0.29, 0.717) is 12.2 Å². The molecule has 1 aromatic heterocycles. The molecule has 0 bridgehead atoms. The second-order valence-electron chi connectivity index (χ2n) is 6.49. The van der Waals surface area contributed by atoms with E-state index in [1.165, 1.54) is 17.4 Å². The van der Waals surface area contributed by atoms with Gasteiger partial charge < -0.3 is 9.30 Å². The third kappa shape index (κ3) is 3.94. The number of hydrogen-bond acceptors (Lipinski definition) is 5. The van der Waals surface area contributed by atoms with E-state index in [1.807, 2.05) is 29.6 Å². The second-order valence-corrected chi connectivity index (χ2v) is 8.18. The second kappa shape index (κ2) is 8.38. The van der Waals surface area contributed by atoms with E-state index < -0.39 is 4.92 Å². The fourth-order valence-corrected chi connectivity index (χ4v) is 4.70. The number of halogens is 1. The molecular weight excluding hydrogens is 442 g/mol. The van der Waals surface area contributed by atoms with Crippen LogP contribution in [0.5, 0.6) is 0 Å². The average Bonchev–Trinajstić information content (AvgIpc) is 3.34. The highest BCUT2D eigenvalue weighted by Crippen LogP contribution is 2.30. The molecule has 0 saturated carbocycles. The van der Waals surface area contributed by atoms with Gasteiger partial charge in [0.2, 0.25) is 0 Å². The van der Waals surface area contributed by atoms with Crippen LogP contribution in [0.4, 0.5) is 11.4 Å². The summed E-state index contributed by atoms with van der Waals surface area (Å²) in [6.07, 6.45) is 2.18. The summed E-state index contributed by atoms with van der Waals surface area (Å²) < 4.78 is 8.94. The van der Waals surface area contributed by atoms with E-state index in [1.54, 1.807) is 18.2 Å². The molecule has 1 fully saturated rings. The average molecular weight is 460 g/mol. The molecule has 2 aromatic carbocycles. The molecule has 1 unspecified atom stereocenters. The lowest BCUT2D eigenvalue weighted by atomic mass is 10.1. The molecule has 4 rings (SSSR count). The molecule has 0 spiro atoms. The van der Waals surface area contributed by atoms with Crippen molar-refractivity contribution in [3.8, 4) is 11.3 Å². The molecule has 1 saturated heterocycles. The highest BCUT2D eigenvalue weighted by atomic mass is 79.9. The third-order valence-corrected chi connectivity index (χ3v) is 6.21. The van der Waals surface area contributed by atoms with Gasteiger partial charge in [-0.15, -0.1) is 11.3 Å². The van der Waals surface area contributed by atoms with Gasteiger partial charge in [-0.3, -0.25) is 10.1 Å². The number of ether oxygens (including phenoxy) is 1. The molecule has 3 aromatic rings. The predicted octanol–water partition coefficient (Wildman–Crippen LogP) is 5.30. The first-order valence-electron chi connectivity index (χ1n) is 8.96. The van der Waals surface area contributed by atoms with Crippen LogP contribution in [0, 0.1) is 10.1 Å². The molecule has 0 N–H and O–H groups in total. The van der Waals surface area contributed by atoms with E-state index in [2.05, 4.69) is 25.5 Å². The molecular formula is C20H18BrN3O3S. The fraction of sp³-hybridized carbons (Fsp3) is 0.250. The molecule has 0 radical (unpaired) electrons. The molecule has 1 aliphatic heterocycles. The first-order valence-corrected chi connectivity index (χ1v) is 10.6. The Balaban J connectivity index is 1.86. The number of nitro benzene ring substituents is 1. The third-order valence-electron chi connectivity index (χ3n) is 4.65. The number of benzene rings is 2. The minimum Gasteiger partial charge on any atom is -0.376 e. The Morgan fingerprint density at radius 2 is 2.04 bits per heavy atom. The van der Waals surface area contributed by atoms with Gasteiger partial charge in [-0.05, 0) is 25.0 Å². The van der Waals surface area contributed by atoms with Crippen molar-refractivity contribution >= 4 is 38.6 Å². The van der Waals surface area contributed by atoms with Gasteiger partial charge in [-0.1, -0.05) is 46.3 Å². The van der Waals surface area contributed by atoms with Crippen molar-refractivity contribution in [2.75, 3.05) is 6.61 Å². The van der Waals surface area contributed by atoms with Crippen LogP contribution in [0.25, 0.3) is 11.3 Å². The normalized spacial score (nSPS) is 17.2. The number of nitro groups is 1. The highest BCUT2D eigenvalue weighted by Gasteiger charge is 2.20. The molecule has 144 valence electrons. The Morgan fingerprint density at radius 3 is 2.79 bits per heavy atom. The SMILES string of the molecule is O=[N+]([O-])c1ccccc1N=c1scc(-c2ccccc2Br)n1CC1CCCO1. The first kappa shape index (κ1) is 19.0. The van der Waals surface area contributed by atoms with Gasteiger partial charge in [0.1, 0.15) is 5.69 Å². The number of aromatic nitrogens is 1. The first-order chi connectivity index (χ1) is 13.6. The van der Waals surface area contributed by atoms with Crippen molar-refractivity contribution in [3.05, 3.63) is 73.3 Å². The number of thiazole rings is 1. The maximum atomic E-state index is 11.4. The highest BCUT2D eigenvalue weighted by molar-refractivity contribution is 9.10. The van der Waals surface area contributed by atoms with Gasteiger partial charge in [0, 0.05) is 28.1 Å². The van der Waals surface area contributed by atoms with Crippen LogP contribution in [-0.4, -0.2) is 22.2 Å². The van der Waals surface area contributed by atoms with E-state index in [4.69, 9.17) is 4.74 Å². The van der Waals surface area contributed by atoms with Crippen LogP contribution in [0.1, 0.15) is 12.8 Å². The molecule has 1 atom stereocenters. The lowest BCUT2D eigenvalue weighted by Gasteiger charge is -2.14. The summed E-state index contributed by atoms with van der Waals surface area (Å²) in [4.78, 5) is 16.3. The van der Waals surface area contributed by atoms with Gasteiger partial charge >= 0.3 is 0 Å². The standard InChI is InChI=1S/C20H18BrN3O3S/c21-16-8-2-1-7-15(16)19-13-28-20(23(19)12-14-6-5-11-27-14)22-17-9-3-4-10-18(17)24(25)26/h1-4,7-10,13-14H,5-6,11-12H2. The maximum absolute atomic E-state index is 11.4. The van der Waals surface area contributed by atoms with E-state index >= 15 is 0 Å². The summed E-state index contributed by atoms with van der Waals surface area (Å²) in [5.41, 5.74) is 2.43. The molecule has 0 aliphatic carbocycles. The van der Waals surface area contributed by atoms with Crippen LogP contribution in [0.3, 0.4) is 0 Å². The van der Waals surface area contributed by atoms with Crippen molar-refractivity contribution in [3.63, 3.8) is 0 Å². The van der Waals surface area contributed by atoms with Crippen LogP contribution in [0.15, 0.2) is 63.4 Å². The quantitative estimate of drug-likeness (QED) is 0.383. The Hall–Kier alpha value is -2.29. The lowest BCUT2D eigenvalue weighted by molar-refractivity contribution is -0.384. The van der Waals surface area contributed by atoms with Gasteiger partial charge in [0.05, 0.1) is 23.3 Å². The van der Waals surface area contributed by atoms with Crippen molar-refractivity contribution in [1.82, 2.24) is 4.57 Å². The van der Waals surface area contributed by atoms with Crippen molar-refractivity contribution < 1.29 is 9.66 Å².